The first-order valence-electron chi connectivity index (χ1n) is 7.32. The number of halogens is 1. The van der Waals surface area contributed by atoms with E-state index in [1.54, 1.807) is 43.3 Å². The third-order valence-electron chi connectivity index (χ3n) is 3.44. The SMILES string of the molecule is C#CCNC(=O)c1ccc(NCC(C)(O)c2cccc(Cl)c2)nc1. The summed E-state index contributed by atoms with van der Waals surface area (Å²) in [7, 11) is 0. The molecule has 0 fully saturated rings. The predicted octanol–water partition coefficient (Wildman–Crippen LogP) is 2.42. The lowest BCUT2D eigenvalue weighted by atomic mass is 9.96. The zero-order valence-corrected chi connectivity index (χ0v) is 14.0. The van der Waals surface area contributed by atoms with Crippen LogP contribution in [0.3, 0.4) is 0 Å². The molecule has 0 saturated heterocycles. The van der Waals surface area contributed by atoms with Gasteiger partial charge in [-0.3, -0.25) is 4.79 Å². The van der Waals surface area contributed by atoms with Crippen LogP contribution in [-0.4, -0.2) is 29.1 Å². The zero-order valence-electron chi connectivity index (χ0n) is 13.2. The Hall–Kier alpha value is -2.55. The molecule has 24 heavy (non-hydrogen) atoms. The molecule has 1 heterocycles. The smallest absolute Gasteiger partial charge is 0.253 e. The van der Waals surface area contributed by atoms with E-state index < -0.39 is 5.60 Å². The fourth-order valence-electron chi connectivity index (χ4n) is 2.05. The molecule has 0 aliphatic carbocycles. The summed E-state index contributed by atoms with van der Waals surface area (Å²) in [6.45, 7) is 2.09. The highest BCUT2D eigenvalue weighted by Crippen LogP contribution is 2.23. The standard InChI is InChI=1S/C18H18ClN3O2/c1-3-9-20-17(23)13-7-8-16(21-11-13)22-12-18(2,24)14-5-4-6-15(19)10-14/h1,4-8,10-11,24H,9,12H2,2H3,(H,20,23)(H,21,22). The van der Waals surface area contributed by atoms with E-state index in [-0.39, 0.29) is 19.0 Å². The first kappa shape index (κ1) is 17.8. The van der Waals surface area contributed by atoms with E-state index in [0.717, 1.165) is 0 Å². The zero-order chi connectivity index (χ0) is 17.6. The maximum atomic E-state index is 11.7. The molecule has 1 atom stereocenters. The van der Waals surface area contributed by atoms with E-state index in [1.165, 1.54) is 6.20 Å². The van der Waals surface area contributed by atoms with Crippen LogP contribution in [0.2, 0.25) is 5.02 Å². The van der Waals surface area contributed by atoms with E-state index in [4.69, 9.17) is 18.0 Å². The summed E-state index contributed by atoms with van der Waals surface area (Å²) < 4.78 is 0. The molecule has 1 aromatic heterocycles. The van der Waals surface area contributed by atoms with Crippen molar-refractivity contribution in [2.75, 3.05) is 18.4 Å². The molecule has 1 amide bonds. The third-order valence-corrected chi connectivity index (χ3v) is 3.67. The number of hydrogen-bond acceptors (Lipinski definition) is 4. The summed E-state index contributed by atoms with van der Waals surface area (Å²) in [5.74, 6) is 2.60. The van der Waals surface area contributed by atoms with Gasteiger partial charge in [0.2, 0.25) is 0 Å². The number of rotatable bonds is 6. The van der Waals surface area contributed by atoms with Gasteiger partial charge in [-0.15, -0.1) is 6.42 Å². The van der Waals surface area contributed by atoms with Crippen LogP contribution in [0.25, 0.3) is 0 Å². The van der Waals surface area contributed by atoms with Gasteiger partial charge in [-0.1, -0.05) is 29.7 Å². The van der Waals surface area contributed by atoms with E-state index in [1.807, 2.05) is 0 Å². The van der Waals surface area contributed by atoms with Crippen molar-refractivity contribution in [1.29, 1.82) is 0 Å². The average Bonchev–Trinajstić information content (AvgIpc) is 2.58. The van der Waals surface area contributed by atoms with E-state index in [0.29, 0.717) is 22.0 Å². The van der Waals surface area contributed by atoms with Crippen molar-refractivity contribution >= 4 is 23.3 Å². The number of nitrogens with zero attached hydrogens (tertiary/aromatic N) is 1. The summed E-state index contributed by atoms with van der Waals surface area (Å²) in [5.41, 5.74) is 0.000258. The van der Waals surface area contributed by atoms with Crippen molar-refractivity contribution in [3.63, 3.8) is 0 Å². The van der Waals surface area contributed by atoms with Gasteiger partial charge >= 0.3 is 0 Å². The molecule has 1 aromatic carbocycles. The minimum atomic E-state index is -1.12. The van der Waals surface area contributed by atoms with Gasteiger partial charge < -0.3 is 15.7 Å². The number of benzene rings is 1. The topological polar surface area (TPSA) is 74.2 Å². The largest absolute Gasteiger partial charge is 0.384 e. The molecule has 5 nitrogen and oxygen atoms in total. The number of anilines is 1. The Bertz CT molecular complexity index is 752. The highest BCUT2D eigenvalue weighted by molar-refractivity contribution is 6.30. The molecule has 0 aliphatic rings. The number of terminal acetylenes is 1. The van der Waals surface area contributed by atoms with E-state index >= 15 is 0 Å². The third kappa shape index (κ3) is 4.72. The van der Waals surface area contributed by atoms with Gasteiger partial charge in [0.15, 0.2) is 0 Å². The fraction of sp³-hybridized carbons (Fsp3) is 0.222. The Labute approximate surface area is 146 Å². The monoisotopic (exact) mass is 343 g/mol. The van der Waals surface area contributed by atoms with Crippen LogP contribution in [0, 0.1) is 12.3 Å². The lowest BCUT2D eigenvalue weighted by Crippen LogP contribution is -2.31. The molecule has 0 radical (unpaired) electrons. The lowest BCUT2D eigenvalue weighted by molar-refractivity contribution is 0.0714. The van der Waals surface area contributed by atoms with Crippen molar-refractivity contribution in [2.45, 2.75) is 12.5 Å². The Morgan fingerprint density at radius 1 is 1.42 bits per heavy atom. The number of nitrogens with one attached hydrogen (secondary N) is 2. The minimum absolute atomic E-state index is 0.168. The lowest BCUT2D eigenvalue weighted by Gasteiger charge is -2.24. The summed E-state index contributed by atoms with van der Waals surface area (Å²) >= 11 is 5.96. The van der Waals surface area contributed by atoms with Gasteiger partial charge in [-0.25, -0.2) is 4.98 Å². The number of carbonyl (C=O) groups is 1. The second-order valence-electron chi connectivity index (χ2n) is 5.46. The molecule has 1 unspecified atom stereocenters. The predicted molar refractivity (Wildman–Crippen MR) is 94.9 cm³/mol. The summed E-state index contributed by atoms with van der Waals surface area (Å²) in [6, 6.07) is 10.4. The van der Waals surface area contributed by atoms with Gasteiger partial charge in [0, 0.05) is 17.8 Å². The highest BCUT2D eigenvalue weighted by Gasteiger charge is 2.23. The van der Waals surface area contributed by atoms with Crippen LogP contribution in [0.15, 0.2) is 42.6 Å². The maximum absolute atomic E-state index is 11.7. The van der Waals surface area contributed by atoms with Crippen molar-refractivity contribution in [2.24, 2.45) is 0 Å². The maximum Gasteiger partial charge on any atom is 0.253 e. The van der Waals surface area contributed by atoms with E-state index in [2.05, 4.69) is 21.5 Å². The van der Waals surface area contributed by atoms with Crippen molar-refractivity contribution in [3.8, 4) is 12.3 Å². The van der Waals surface area contributed by atoms with Crippen LogP contribution in [-0.2, 0) is 5.60 Å². The summed E-state index contributed by atoms with van der Waals surface area (Å²) in [6.07, 6.45) is 6.54. The number of pyridine rings is 1. The van der Waals surface area contributed by atoms with Gasteiger partial charge in [0.05, 0.1) is 12.1 Å². The normalized spacial score (nSPS) is 12.8. The van der Waals surface area contributed by atoms with Crippen LogP contribution >= 0.6 is 11.6 Å². The van der Waals surface area contributed by atoms with Gasteiger partial charge in [0.25, 0.3) is 5.91 Å². The molecule has 2 aromatic rings. The Morgan fingerprint density at radius 2 is 2.21 bits per heavy atom. The molecule has 2 rings (SSSR count). The molecule has 3 N–H and O–H groups in total. The first-order valence-corrected chi connectivity index (χ1v) is 7.70. The summed E-state index contributed by atoms with van der Waals surface area (Å²) in [4.78, 5) is 15.9. The molecule has 6 heteroatoms. The molecular formula is C18H18ClN3O2. The molecule has 0 bridgehead atoms. The average molecular weight is 344 g/mol. The van der Waals surface area contributed by atoms with Gasteiger partial charge in [0.1, 0.15) is 11.4 Å². The second-order valence-corrected chi connectivity index (χ2v) is 5.89. The molecule has 0 aliphatic heterocycles. The number of aliphatic hydroxyl groups is 1. The molecule has 124 valence electrons. The van der Waals surface area contributed by atoms with Gasteiger partial charge in [-0.05, 0) is 36.8 Å². The molecule has 0 saturated carbocycles. The van der Waals surface area contributed by atoms with Crippen molar-refractivity contribution in [1.82, 2.24) is 10.3 Å². The number of amides is 1. The summed E-state index contributed by atoms with van der Waals surface area (Å²) in [5, 5.41) is 16.7. The first-order chi connectivity index (χ1) is 11.4. The van der Waals surface area contributed by atoms with Crippen LogP contribution in [0.5, 0.6) is 0 Å². The Kier molecular flexibility index (Phi) is 5.80. The van der Waals surface area contributed by atoms with Crippen molar-refractivity contribution in [3.05, 3.63) is 58.7 Å². The van der Waals surface area contributed by atoms with Crippen LogP contribution in [0.4, 0.5) is 5.82 Å². The molecular weight excluding hydrogens is 326 g/mol. The van der Waals surface area contributed by atoms with Crippen molar-refractivity contribution < 1.29 is 9.90 Å². The molecule has 0 spiro atoms. The quantitative estimate of drug-likeness (QED) is 0.704. The minimum Gasteiger partial charge on any atom is -0.384 e. The Morgan fingerprint density at radius 3 is 2.83 bits per heavy atom. The van der Waals surface area contributed by atoms with Crippen LogP contribution < -0.4 is 10.6 Å². The Balaban J connectivity index is 1.99. The van der Waals surface area contributed by atoms with Crippen LogP contribution in [0.1, 0.15) is 22.8 Å². The van der Waals surface area contributed by atoms with E-state index in [9.17, 15) is 9.90 Å². The second kappa shape index (κ2) is 7.82. The van der Waals surface area contributed by atoms with Gasteiger partial charge in [-0.2, -0.15) is 0 Å². The number of carbonyl (C=O) groups excluding carboxylic acids is 1. The fourth-order valence-corrected chi connectivity index (χ4v) is 2.24. The highest BCUT2D eigenvalue weighted by atomic mass is 35.5. The number of aromatic nitrogens is 1. The number of hydrogen-bond donors (Lipinski definition) is 3.